The highest BCUT2D eigenvalue weighted by atomic mass is 19.4. The van der Waals surface area contributed by atoms with Crippen LogP contribution >= 0.6 is 0 Å². The minimum absolute atomic E-state index is 0.0497. The predicted molar refractivity (Wildman–Crippen MR) is 123 cm³/mol. The molecule has 2 N–H and O–H groups in total. The maximum absolute atomic E-state index is 12.9. The maximum Gasteiger partial charge on any atom is 0.405 e. The molecule has 1 aliphatic heterocycles. The van der Waals surface area contributed by atoms with Gasteiger partial charge in [0.15, 0.2) is 5.69 Å². The van der Waals surface area contributed by atoms with E-state index in [0.29, 0.717) is 63.4 Å². The van der Waals surface area contributed by atoms with Crippen LogP contribution in [0.25, 0.3) is 5.69 Å². The molecule has 198 valence electrons. The van der Waals surface area contributed by atoms with Crippen molar-refractivity contribution in [1.82, 2.24) is 30.5 Å². The zero-order valence-electron chi connectivity index (χ0n) is 19.8. The van der Waals surface area contributed by atoms with Crippen LogP contribution in [0.2, 0.25) is 0 Å². The molecular weight excluding hydrogens is 484 g/mol. The van der Waals surface area contributed by atoms with Crippen LogP contribution in [0.4, 0.5) is 17.6 Å². The molecule has 9 nitrogen and oxygen atoms in total. The first kappa shape index (κ1) is 27.5. The summed E-state index contributed by atoms with van der Waals surface area (Å²) in [5, 5.41) is 12.8. The molecule has 3 rings (SSSR count). The summed E-state index contributed by atoms with van der Waals surface area (Å²) in [6.45, 7) is 2.17. The van der Waals surface area contributed by atoms with Gasteiger partial charge in [0, 0.05) is 31.7 Å². The molecule has 0 aliphatic carbocycles. The van der Waals surface area contributed by atoms with Crippen molar-refractivity contribution in [3.05, 3.63) is 41.2 Å². The average molecular weight is 515 g/mol. The Kier molecular flexibility index (Phi) is 10.2. The number of amides is 2. The van der Waals surface area contributed by atoms with Gasteiger partial charge in [-0.1, -0.05) is 11.6 Å². The second kappa shape index (κ2) is 13.3. The number of unbranched alkanes of at least 4 members (excludes halogenated alkanes) is 2. The number of carbonyl (C=O) groups is 2. The first-order chi connectivity index (χ1) is 17.3. The van der Waals surface area contributed by atoms with Crippen molar-refractivity contribution < 1.29 is 31.9 Å². The number of aromatic nitrogens is 3. The molecule has 13 heteroatoms. The Labute approximate surface area is 206 Å². The first-order valence-electron chi connectivity index (χ1n) is 11.8. The number of carbonyl (C=O) groups excluding carboxylic acids is 2. The van der Waals surface area contributed by atoms with Crippen molar-refractivity contribution in [1.29, 1.82) is 0 Å². The Morgan fingerprint density at radius 3 is 2.39 bits per heavy atom. The lowest BCUT2D eigenvalue weighted by atomic mass is 10.1. The van der Waals surface area contributed by atoms with E-state index in [1.54, 1.807) is 0 Å². The normalized spacial score (nSPS) is 14.6. The minimum Gasteiger partial charge on any atom is -0.379 e. The van der Waals surface area contributed by atoms with E-state index in [9.17, 15) is 27.2 Å². The summed E-state index contributed by atoms with van der Waals surface area (Å²) >= 11 is 0. The molecule has 0 radical (unpaired) electrons. The number of rotatable bonds is 12. The van der Waals surface area contributed by atoms with E-state index in [4.69, 9.17) is 4.74 Å². The van der Waals surface area contributed by atoms with Crippen molar-refractivity contribution in [2.45, 2.75) is 31.9 Å². The van der Waals surface area contributed by atoms with Gasteiger partial charge in [0.25, 0.3) is 11.8 Å². The lowest BCUT2D eigenvalue weighted by Gasteiger charge is -2.26. The molecule has 1 saturated heterocycles. The fourth-order valence-electron chi connectivity index (χ4n) is 3.75. The number of morpholine rings is 1. The third-order valence-corrected chi connectivity index (χ3v) is 5.67. The Hall–Kier alpha value is -3.06. The van der Waals surface area contributed by atoms with E-state index in [0.717, 1.165) is 13.1 Å². The quantitative estimate of drug-likeness (QED) is 0.333. The number of alkyl halides is 4. The fraction of sp³-hybridized carbons (Fsp3) is 0.565. The fourth-order valence-corrected chi connectivity index (χ4v) is 3.75. The largest absolute Gasteiger partial charge is 0.405 e. The van der Waals surface area contributed by atoms with Crippen LogP contribution in [0.5, 0.6) is 0 Å². The van der Waals surface area contributed by atoms with E-state index in [1.165, 1.54) is 28.9 Å². The van der Waals surface area contributed by atoms with Gasteiger partial charge in [0.1, 0.15) is 6.54 Å². The Balaban J connectivity index is 1.70. The first-order valence-corrected chi connectivity index (χ1v) is 11.8. The minimum atomic E-state index is -4.51. The molecule has 0 bridgehead atoms. The van der Waals surface area contributed by atoms with Crippen molar-refractivity contribution >= 4 is 11.8 Å². The van der Waals surface area contributed by atoms with Crippen molar-refractivity contribution in [2.75, 3.05) is 52.6 Å². The van der Waals surface area contributed by atoms with E-state index in [2.05, 4.69) is 20.5 Å². The van der Waals surface area contributed by atoms with Crippen molar-refractivity contribution in [3.63, 3.8) is 0 Å². The molecule has 2 aromatic rings. The Bertz CT molecular complexity index is 991. The SMILES string of the molecule is O=C(NCC(F)(F)F)c1ccc(-n2nnc(C(=O)NCCN3CCOCC3)c2CCCCCF)cc1. The van der Waals surface area contributed by atoms with Crippen LogP contribution in [0.15, 0.2) is 24.3 Å². The molecule has 1 aromatic carbocycles. The molecule has 0 unspecified atom stereocenters. The number of halogens is 4. The number of nitrogens with one attached hydrogen (secondary N) is 2. The molecule has 1 aliphatic rings. The van der Waals surface area contributed by atoms with Crippen molar-refractivity contribution in [3.8, 4) is 5.69 Å². The highest BCUT2D eigenvalue weighted by Gasteiger charge is 2.28. The molecule has 0 saturated carbocycles. The van der Waals surface area contributed by atoms with Gasteiger partial charge in [-0.15, -0.1) is 5.10 Å². The molecular formula is C23H30F4N6O3. The molecule has 1 fully saturated rings. The van der Waals surface area contributed by atoms with Gasteiger partial charge in [0.05, 0.1) is 31.3 Å². The van der Waals surface area contributed by atoms with Gasteiger partial charge >= 0.3 is 6.18 Å². The van der Waals surface area contributed by atoms with Crippen LogP contribution in [-0.4, -0.2) is 90.5 Å². The van der Waals surface area contributed by atoms with Gasteiger partial charge < -0.3 is 15.4 Å². The lowest BCUT2D eigenvalue weighted by molar-refractivity contribution is -0.123. The average Bonchev–Trinajstić information content (AvgIpc) is 3.29. The number of hydrogen-bond donors (Lipinski definition) is 2. The summed E-state index contributed by atoms with van der Waals surface area (Å²) in [6, 6.07) is 5.78. The summed E-state index contributed by atoms with van der Waals surface area (Å²) in [7, 11) is 0. The highest BCUT2D eigenvalue weighted by molar-refractivity contribution is 5.94. The van der Waals surface area contributed by atoms with Crippen LogP contribution in [-0.2, 0) is 11.2 Å². The monoisotopic (exact) mass is 514 g/mol. The van der Waals surface area contributed by atoms with Gasteiger partial charge in [0.2, 0.25) is 0 Å². The summed E-state index contributed by atoms with van der Waals surface area (Å²) < 4.78 is 56.4. The van der Waals surface area contributed by atoms with E-state index < -0.39 is 25.3 Å². The second-order valence-corrected chi connectivity index (χ2v) is 8.35. The molecule has 2 heterocycles. The summed E-state index contributed by atoms with van der Waals surface area (Å²) in [5.74, 6) is -1.23. The molecule has 36 heavy (non-hydrogen) atoms. The molecule has 0 spiro atoms. The maximum atomic E-state index is 12.9. The third-order valence-electron chi connectivity index (χ3n) is 5.67. The van der Waals surface area contributed by atoms with Gasteiger partial charge in [-0.2, -0.15) is 13.2 Å². The van der Waals surface area contributed by atoms with E-state index in [-0.39, 0.29) is 17.2 Å². The Morgan fingerprint density at radius 2 is 1.72 bits per heavy atom. The van der Waals surface area contributed by atoms with Gasteiger partial charge in [-0.3, -0.25) is 18.9 Å². The number of benzene rings is 1. The zero-order valence-corrected chi connectivity index (χ0v) is 19.8. The van der Waals surface area contributed by atoms with Crippen LogP contribution in [0, 0.1) is 0 Å². The standard InChI is InChI=1S/C23H30F4N6O3/c24-9-3-1-2-4-19-20(22(35)28-10-11-32-12-14-36-15-13-32)30-31-33(19)18-7-5-17(6-8-18)21(34)29-16-23(25,26)27/h5-8H,1-4,9-16H2,(H,28,35)(H,29,34). The van der Waals surface area contributed by atoms with Crippen LogP contribution in [0.3, 0.4) is 0 Å². The van der Waals surface area contributed by atoms with E-state index in [1.807, 2.05) is 5.32 Å². The molecule has 2 amide bonds. The summed E-state index contributed by atoms with van der Waals surface area (Å²) in [6.07, 6.45) is -2.44. The zero-order chi connectivity index (χ0) is 26.0. The Morgan fingerprint density at radius 1 is 1.00 bits per heavy atom. The van der Waals surface area contributed by atoms with Crippen LogP contribution < -0.4 is 10.6 Å². The summed E-state index contributed by atoms with van der Waals surface area (Å²) in [4.78, 5) is 27.0. The number of nitrogens with zero attached hydrogens (tertiary/aromatic N) is 4. The topological polar surface area (TPSA) is 101 Å². The lowest BCUT2D eigenvalue weighted by Crippen LogP contribution is -2.41. The van der Waals surface area contributed by atoms with Gasteiger partial charge in [-0.05, 0) is 43.5 Å². The third kappa shape index (κ3) is 8.26. The smallest absolute Gasteiger partial charge is 0.379 e. The highest BCUT2D eigenvalue weighted by Crippen LogP contribution is 2.18. The second-order valence-electron chi connectivity index (χ2n) is 8.35. The van der Waals surface area contributed by atoms with Gasteiger partial charge in [-0.25, -0.2) is 4.68 Å². The molecule has 0 atom stereocenters. The van der Waals surface area contributed by atoms with Crippen molar-refractivity contribution in [2.24, 2.45) is 0 Å². The van der Waals surface area contributed by atoms with E-state index >= 15 is 0 Å². The number of ether oxygens (including phenoxy) is 1. The van der Waals surface area contributed by atoms with Crippen LogP contribution in [0.1, 0.15) is 45.8 Å². The molecule has 1 aromatic heterocycles. The number of hydrogen-bond acceptors (Lipinski definition) is 6. The summed E-state index contributed by atoms with van der Waals surface area (Å²) in [5.41, 5.74) is 1.23. The predicted octanol–water partition coefficient (Wildman–Crippen LogP) is 2.30.